The lowest BCUT2D eigenvalue weighted by Crippen LogP contribution is -2.75. The number of carbonyl (C=O) groups is 1. The van der Waals surface area contributed by atoms with E-state index >= 15 is 0 Å². The summed E-state index contributed by atoms with van der Waals surface area (Å²) in [6, 6.07) is 0. The summed E-state index contributed by atoms with van der Waals surface area (Å²) in [6.45, 7) is 12.8. The first-order valence-corrected chi connectivity index (χ1v) is 15.1. The molecule has 0 aromatic carbocycles. The number of thioether (sulfide) groups is 2. The first kappa shape index (κ1) is 27.0. The van der Waals surface area contributed by atoms with Crippen molar-refractivity contribution in [3.8, 4) is 0 Å². The van der Waals surface area contributed by atoms with Crippen LogP contribution < -0.4 is 0 Å². The van der Waals surface area contributed by atoms with Gasteiger partial charge in [-0.3, -0.25) is 4.79 Å². The summed E-state index contributed by atoms with van der Waals surface area (Å²) in [5.74, 6) is 0.393. The van der Waals surface area contributed by atoms with Crippen LogP contribution in [0.15, 0.2) is 11.1 Å². The molecule has 4 aliphatic rings. The molecule has 34 heavy (non-hydrogen) atoms. The summed E-state index contributed by atoms with van der Waals surface area (Å²) in [4.78, 5) is 14.8. The van der Waals surface area contributed by atoms with Crippen LogP contribution in [0.25, 0.3) is 0 Å². The SMILES string of the molecule is CSCO[C@H]1C(=O)[C@]2(C)[C@@H](OCSC)C[C@H]3OC[C@@]3(C)[C@H]2[C@H](C)[C@]2(O)C[C@H](O)C(C)=C1C2(C)C. The molecule has 0 spiro atoms. The van der Waals surface area contributed by atoms with Crippen molar-refractivity contribution in [1.82, 2.24) is 0 Å². The molecule has 4 rings (SSSR count). The van der Waals surface area contributed by atoms with Crippen LogP contribution in [0.4, 0.5) is 0 Å². The minimum absolute atomic E-state index is 0.00894. The minimum Gasteiger partial charge on any atom is -0.389 e. The van der Waals surface area contributed by atoms with E-state index in [0.717, 1.165) is 11.1 Å². The average Bonchev–Trinajstić information content (AvgIpc) is 2.77. The predicted octanol–water partition coefficient (Wildman–Crippen LogP) is 3.89. The van der Waals surface area contributed by atoms with Gasteiger partial charge in [-0.15, -0.1) is 23.5 Å². The van der Waals surface area contributed by atoms with Gasteiger partial charge < -0.3 is 24.4 Å². The van der Waals surface area contributed by atoms with Gasteiger partial charge in [-0.25, -0.2) is 0 Å². The van der Waals surface area contributed by atoms with Crippen LogP contribution in [-0.2, 0) is 19.0 Å². The molecule has 2 saturated carbocycles. The van der Waals surface area contributed by atoms with E-state index in [4.69, 9.17) is 14.2 Å². The third-order valence-corrected chi connectivity index (χ3v) is 10.7. The Balaban J connectivity index is 1.99. The molecule has 3 fully saturated rings. The Kier molecular flexibility index (Phi) is 7.16. The number of ether oxygens (including phenoxy) is 3. The molecule has 0 unspecified atom stereocenters. The van der Waals surface area contributed by atoms with E-state index in [2.05, 4.69) is 13.8 Å². The van der Waals surface area contributed by atoms with Crippen molar-refractivity contribution in [3.05, 3.63) is 11.1 Å². The molecule has 6 nitrogen and oxygen atoms in total. The van der Waals surface area contributed by atoms with E-state index < -0.39 is 28.6 Å². The van der Waals surface area contributed by atoms with Gasteiger partial charge in [0.15, 0.2) is 5.78 Å². The van der Waals surface area contributed by atoms with Crippen LogP contribution >= 0.6 is 23.5 Å². The van der Waals surface area contributed by atoms with Crippen LogP contribution in [0.1, 0.15) is 54.4 Å². The fourth-order valence-electron chi connectivity index (χ4n) is 8.09. The summed E-state index contributed by atoms with van der Waals surface area (Å²) in [7, 11) is 0. The van der Waals surface area contributed by atoms with E-state index in [9.17, 15) is 15.0 Å². The number of hydrogen-bond donors (Lipinski definition) is 2. The van der Waals surface area contributed by atoms with Crippen molar-refractivity contribution >= 4 is 29.3 Å². The van der Waals surface area contributed by atoms with Gasteiger partial charge in [-0.1, -0.05) is 27.7 Å². The van der Waals surface area contributed by atoms with Gasteiger partial charge in [0, 0.05) is 23.7 Å². The zero-order chi connectivity index (χ0) is 25.3. The first-order valence-electron chi connectivity index (χ1n) is 12.3. The number of aliphatic hydroxyl groups is 2. The summed E-state index contributed by atoms with van der Waals surface area (Å²) < 4.78 is 18.7. The van der Waals surface area contributed by atoms with Gasteiger partial charge in [0.1, 0.15) is 6.10 Å². The first-order chi connectivity index (χ1) is 15.8. The van der Waals surface area contributed by atoms with Crippen LogP contribution in [0.5, 0.6) is 0 Å². The predicted molar refractivity (Wildman–Crippen MR) is 137 cm³/mol. The second-order valence-corrected chi connectivity index (χ2v) is 13.5. The Labute approximate surface area is 212 Å². The highest BCUT2D eigenvalue weighted by Crippen LogP contribution is 2.67. The van der Waals surface area contributed by atoms with Crippen LogP contribution in [0.3, 0.4) is 0 Å². The maximum absolute atomic E-state index is 14.8. The number of hydrogen-bond acceptors (Lipinski definition) is 8. The van der Waals surface area contributed by atoms with Crippen molar-refractivity contribution < 1.29 is 29.2 Å². The monoisotopic (exact) mass is 514 g/mol. The van der Waals surface area contributed by atoms with Gasteiger partial charge in [0.2, 0.25) is 0 Å². The number of ketones is 1. The molecule has 9 atom stereocenters. The normalized spacial score (nSPS) is 47.9. The van der Waals surface area contributed by atoms with E-state index in [1.165, 1.54) is 11.8 Å². The third-order valence-electron chi connectivity index (χ3n) is 9.99. The van der Waals surface area contributed by atoms with Crippen molar-refractivity contribution in [3.63, 3.8) is 0 Å². The summed E-state index contributed by atoms with van der Waals surface area (Å²) in [5, 5.41) is 23.7. The number of aliphatic hydroxyl groups excluding tert-OH is 1. The Hall–Kier alpha value is -0.0900. The molecule has 1 aliphatic heterocycles. The lowest BCUT2D eigenvalue weighted by Gasteiger charge is -2.69. The van der Waals surface area contributed by atoms with E-state index in [1.807, 2.05) is 40.2 Å². The molecule has 8 heteroatoms. The van der Waals surface area contributed by atoms with Crippen molar-refractivity contribution in [1.29, 1.82) is 0 Å². The topological polar surface area (TPSA) is 85.2 Å². The maximum Gasteiger partial charge on any atom is 0.174 e. The van der Waals surface area contributed by atoms with E-state index in [0.29, 0.717) is 24.9 Å². The maximum atomic E-state index is 14.8. The van der Waals surface area contributed by atoms with E-state index in [1.54, 1.807) is 11.8 Å². The molecule has 2 N–H and O–H groups in total. The van der Waals surface area contributed by atoms with Gasteiger partial charge in [-0.05, 0) is 49.3 Å². The molecule has 2 bridgehead atoms. The Morgan fingerprint density at radius 3 is 2.29 bits per heavy atom. The van der Waals surface area contributed by atoms with Gasteiger partial charge >= 0.3 is 0 Å². The van der Waals surface area contributed by atoms with Crippen molar-refractivity contribution in [2.24, 2.45) is 28.1 Å². The fourth-order valence-corrected chi connectivity index (χ4v) is 8.66. The zero-order valence-corrected chi connectivity index (χ0v) is 23.5. The third kappa shape index (κ3) is 3.46. The summed E-state index contributed by atoms with van der Waals surface area (Å²) in [5.41, 5.74) is -1.63. The van der Waals surface area contributed by atoms with Gasteiger partial charge in [0.05, 0.1) is 47.8 Å². The fraction of sp³-hybridized carbons (Fsp3) is 0.885. The smallest absolute Gasteiger partial charge is 0.174 e. The molecule has 0 aromatic rings. The van der Waals surface area contributed by atoms with Crippen molar-refractivity contribution in [2.45, 2.75) is 84.4 Å². The number of Topliss-reactive ketones (excluding diaryl/α,β-unsaturated/α-hetero) is 1. The Morgan fingerprint density at radius 1 is 1.12 bits per heavy atom. The molecule has 1 heterocycles. The van der Waals surface area contributed by atoms with Gasteiger partial charge in [-0.2, -0.15) is 0 Å². The zero-order valence-electron chi connectivity index (χ0n) is 21.8. The Morgan fingerprint density at radius 2 is 1.74 bits per heavy atom. The molecule has 0 amide bonds. The lowest BCUT2D eigenvalue weighted by molar-refractivity contribution is -0.305. The quantitative estimate of drug-likeness (QED) is 0.408. The molecule has 0 radical (unpaired) electrons. The molecule has 3 aliphatic carbocycles. The number of fused-ring (bicyclic) bond motifs is 5. The number of carbonyl (C=O) groups excluding carboxylic acids is 1. The Bertz CT molecular complexity index is 860. The molecular formula is C26H42O6S2. The summed E-state index contributed by atoms with van der Waals surface area (Å²) in [6.07, 6.45) is 2.81. The van der Waals surface area contributed by atoms with Crippen LogP contribution in [0.2, 0.25) is 0 Å². The molecular weight excluding hydrogens is 472 g/mol. The van der Waals surface area contributed by atoms with Gasteiger partial charge in [0.25, 0.3) is 0 Å². The second-order valence-electron chi connectivity index (χ2n) is 11.8. The largest absolute Gasteiger partial charge is 0.389 e. The lowest BCUT2D eigenvalue weighted by atomic mass is 9.40. The highest BCUT2D eigenvalue weighted by Gasteiger charge is 2.73. The van der Waals surface area contributed by atoms with Crippen LogP contribution in [-0.4, -0.2) is 77.0 Å². The minimum atomic E-state index is -1.22. The highest BCUT2D eigenvalue weighted by molar-refractivity contribution is 7.98. The molecule has 0 aromatic heterocycles. The van der Waals surface area contributed by atoms with Crippen molar-refractivity contribution in [2.75, 3.05) is 31.0 Å². The average molecular weight is 515 g/mol. The van der Waals surface area contributed by atoms with E-state index in [-0.39, 0.29) is 41.7 Å². The van der Waals surface area contributed by atoms with Crippen LogP contribution in [0, 0.1) is 28.1 Å². The number of rotatable bonds is 6. The summed E-state index contributed by atoms with van der Waals surface area (Å²) >= 11 is 3.11. The highest BCUT2D eigenvalue weighted by atomic mass is 32.2. The second kappa shape index (κ2) is 9.03. The molecule has 1 saturated heterocycles. The molecule has 194 valence electrons. The standard InChI is InChI=1S/C26H42O6S2/c1-14-16(27)10-26(29)15(2)21-24(5)11-30-17(24)9-18(31-12-33-7)25(21,6)22(28)20(32-13-34-8)19(14)23(26,3)4/h15-18,20-21,27,29H,9-13H2,1-8H3/t15-,16-,17+,18-,20+,21+,24+,25+,26+/m0/s1.